The molecule has 120 valence electrons. The van der Waals surface area contributed by atoms with Gasteiger partial charge in [-0.05, 0) is 24.6 Å². The fourth-order valence-electron chi connectivity index (χ4n) is 2.14. The van der Waals surface area contributed by atoms with Crippen molar-refractivity contribution >= 4 is 11.9 Å². The molecule has 1 amide bonds. The van der Waals surface area contributed by atoms with E-state index in [4.69, 9.17) is 4.74 Å². The van der Waals surface area contributed by atoms with E-state index in [0.717, 1.165) is 5.56 Å². The van der Waals surface area contributed by atoms with Crippen molar-refractivity contribution in [2.45, 2.75) is 19.4 Å². The van der Waals surface area contributed by atoms with E-state index in [-0.39, 0.29) is 24.3 Å². The Bertz CT molecular complexity index is 629. The van der Waals surface area contributed by atoms with Gasteiger partial charge in [-0.1, -0.05) is 48.5 Å². The number of carbonyl (C=O) groups is 2. The fourth-order valence-corrected chi connectivity index (χ4v) is 2.14. The van der Waals surface area contributed by atoms with Crippen molar-refractivity contribution in [3.05, 3.63) is 71.8 Å². The lowest BCUT2D eigenvalue weighted by Crippen LogP contribution is -2.40. The largest absolute Gasteiger partial charge is 0.466 e. The number of carbonyl (C=O) groups excluding carboxylic acids is 2. The Kier molecular flexibility index (Phi) is 6.32. The van der Waals surface area contributed by atoms with E-state index in [2.05, 4.69) is 10.9 Å². The second-order valence-electron chi connectivity index (χ2n) is 4.94. The zero-order chi connectivity index (χ0) is 16.5. The van der Waals surface area contributed by atoms with Crippen LogP contribution < -0.4 is 10.9 Å². The van der Waals surface area contributed by atoms with E-state index in [0.29, 0.717) is 12.2 Å². The van der Waals surface area contributed by atoms with Gasteiger partial charge in [0.05, 0.1) is 19.1 Å². The third kappa shape index (κ3) is 5.23. The van der Waals surface area contributed by atoms with Crippen LogP contribution in [0.1, 0.15) is 35.3 Å². The molecular formula is C18H20N2O3. The van der Waals surface area contributed by atoms with Gasteiger partial charge in [0.25, 0.3) is 5.91 Å². The molecular weight excluding hydrogens is 292 g/mol. The standard InChI is InChI=1S/C18H20N2O3/c1-2-23-17(21)13-16(14-9-5-3-6-10-14)19-20-18(22)15-11-7-4-8-12-15/h3-12,16,19H,2,13H2,1H3,(H,20,22). The number of benzene rings is 2. The summed E-state index contributed by atoms with van der Waals surface area (Å²) in [6, 6.07) is 18.0. The molecule has 0 radical (unpaired) electrons. The maximum absolute atomic E-state index is 12.1. The first-order valence-electron chi connectivity index (χ1n) is 7.52. The first kappa shape index (κ1) is 16.7. The second kappa shape index (κ2) is 8.70. The highest BCUT2D eigenvalue weighted by atomic mass is 16.5. The highest BCUT2D eigenvalue weighted by Crippen LogP contribution is 2.16. The SMILES string of the molecule is CCOC(=O)CC(NNC(=O)c1ccccc1)c1ccccc1. The summed E-state index contributed by atoms with van der Waals surface area (Å²) in [6.07, 6.45) is 0.132. The Hall–Kier alpha value is -2.66. The predicted molar refractivity (Wildman–Crippen MR) is 87.5 cm³/mol. The minimum Gasteiger partial charge on any atom is -0.466 e. The molecule has 0 aliphatic rings. The third-order valence-corrected chi connectivity index (χ3v) is 3.27. The molecule has 2 aromatic rings. The number of rotatable bonds is 7. The molecule has 2 N–H and O–H groups in total. The molecule has 0 aliphatic heterocycles. The van der Waals surface area contributed by atoms with Crippen molar-refractivity contribution in [1.29, 1.82) is 0 Å². The second-order valence-corrected chi connectivity index (χ2v) is 4.94. The van der Waals surface area contributed by atoms with E-state index < -0.39 is 0 Å². The molecule has 0 aromatic heterocycles. The number of nitrogens with one attached hydrogen (secondary N) is 2. The Morgan fingerprint density at radius 3 is 2.22 bits per heavy atom. The zero-order valence-electron chi connectivity index (χ0n) is 13.0. The van der Waals surface area contributed by atoms with Crippen molar-refractivity contribution in [3.63, 3.8) is 0 Å². The molecule has 2 aromatic carbocycles. The number of hydrogen-bond acceptors (Lipinski definition) is 4. The summed E-state index contributed by atoms with van der Waals surface area (Å²) in [4.78, 5) is 23.9. The minimum absolute atomic E-state index is 0.132. The van der Waals surface area contributed by atoms with E-state index in [1.165, 1.54) is 0 Å². The van der Waals surface area contributed by atoms with E-state index >= 15 is 0 Å². The van der Waals surface area contributed by atoms with E-state index in [1.54, 1.807) is 31.2 Å². The normalized spacial score (nSPS) is 11.5. The van der Waals surface area contributed by atoms with Crippen molar-refractivity contribution in [2.24, 2.45) is 0 Å². The maximum Gasteiger partial charge on any atom is 0.307 e. The van der Waals surface area contributed by atoms with Crippen LogP contribution in [0.15, 0.2) is 60.7 Å². The first-order chi connectivity index (χ1) is 11.2. The third-order valence-electron chi connectivity index (χ3n) is 3.27. The van der Waals surface area contributed by atoms with E-state index in [9.17, 15) is 9.59 Å². The average molecular weight is 312 g/mol. The molecule has 1 unspecified atom stereocenters. The molecule has 2 rings (SSSR count). The van der Waals surface area contributed by atoms with Crippen LogP contribution in [0.3, 0.4) is 0 Å². The lowest BCUT2D eigenvalue weighted by molar-refractivity contribution is -0.143. The summed E-state index contributed by atoms with van der Waals surface area (Å²) < 4.78 is 4.99. The average Bonchev–Trinajstić information content (AvgIpc) is 2.60. The zero-order valence-corrected chi connectivity index (χ0v) is 13.0. The smallest absolute Gasteiger partial charge is 0.307 e. The van der Waals surface area contributed by atoms with Gasteiger partial charge in [0.2, 0.25) is 0 Å². The lowest BCUT2D eigenvalue weighted by atomic mass is 10.0. The summed E-state index contributed by atoms with van der Waals surface area (Å²) >= 11 is 0. The molecule has 1 atom stereocenters. The van der Waals surface area contributed by atoms with Crippen molar-refractivity contribution < 1.29 is 14.3 Å². The Balaban J connectivity index is 2.03. The molecule has 0 saturated carbocycles. The van der Waals surface area contributed by atoms with Gasteiger partial charge in [-0.3, -0.25) is 15.0 Å². The van der Waals surface area contributed by atoms with Crippen LogP contribution in [0, 0.1) is 0 Å². The number of hydrazine groups is 1. The van der Waals surface area contributed by atoms with Crippen molar-refractivity contribution in [3.8, 4) is 0 Å². The molecule has 5 heteroatoms. The van der Waals surface area contributed by atoms with Crippen molar-refractivity contribution in [2.75, 3.05) is 6.61 Å². The highest BCUT2D eigenvalue weighted by Gasteiger charge is 2.17. The van der Waals surface area contributed by atoms with Crippen LogP contribution in [0.25, 0.3) is 0 Å². The van der Waals surface area contributed by atoms with Crippen LogP contribution >= 0.6 is 0 Å². The van der Waals surface area contributed by atoms with Crippen LogP contribution in [-0.2, 0) is 9.53 Å². The minimum atomic E-state index is -0.358. The molecule has 0 fully saturated rings. The summed E-state index contributed by atoms with van der Waals surface area (Å²) in [5, 5.41) is 0. The van der Waals surface area contributed by atoms with Crippen LogP contribution in [0.4, 0.5) is 0 Å². The quantitative estimate of drug-likeness (QED) is 0.609. The Morgan fingerprint density at radius 2 is 1.61 bits per heavy atom. The molecule has 0 bridgehead atoms. The monoisotopic (exact) mass is 312 g/mol. The van der Waals surface area contributed by atoms with Crippen LogP contribution in [-0.4, -0.2) is 18.5 Å². The number of esters is 1. The van der Waals surface area contributed by atoms with Gasteiger partial charge in [-0.15, -0.1) is 0 Å². The van der Waals surface area contributed by atoms with Gasteiger partial charge in [-0.25, -0.2) is 5.43 Å². The molecule has 0 saturated heterocycles. The van der Waals surface area contributed by atoms with E-state index in [1.807, 2.05) is 36.4 Å². The molecule has 0 spiro atoms. The maximum atomic E-state index is 12.1. The predicted octanol–water partition coefficient (Wildman–Crippen LogP) is 2.62. The number of hydrogen-bond donors (Lipinski definition) is 2. The van der Waals surface area contributed by atoms with Gasteiger partial charge in [0.1, 0.15) is 0 Å². The summed E-state index contributed by atoms with van der Waals surface area (Å²) in [5.41, 5.74) is 7.01. The Labute approximate surface area is 135 Å². The lowest BCUT2D eigenvalue weighted by Gasteiger charge is -2.19. The topological polar surface area (TPSA) is 67.4 Å². The first-order valence-corrected chi connectivity index (χ1v) is 7.52. The Morgan fingerprint density at radius 1 is 1.00 bits per heavy atom. The molecule has 0 heterocycles. The summed E-state index contributed by atoms with van der Waals surface area (Å²) in [7, 11) is 0. The highest BCUT2D eigenvalue weighted by molar-refractivity contribution is 5.93. The fraction of sp³-hybridized carbons (Fsp3) is 0.222. The van der Waals surface area contributed by atoms with Gasteiger partial charge in [0, 0.05) is 5.56 Å². The summed E-state index contributed by atoms with van der Waals surface area (Å²) in [5.74, 6) is -0.571. The van der Waals surface area contributed by atoms with Crippen LogP contribution in [0.2, 0.25) is 0 Å². The number of ether oxygens (including phenoxy) is 1. The summed E-state index contributed by atoms with van der Waals surface area (Å²) in [6.45, 7) is 2.09. The van der Waals surface area contributed by atoms with Gasteiger partial charge >= 0.3 is 5.97 Å². The van der Waals surface area contributed by atoms with Gasteiger partial charge < -0.3 is 4.74 Å². The molecule has 23 heavy (non-hydrogen) atoms. The molecule has 0 aliphatic carbocycles. The number of amides is 1. The molecule has 5 nitrogen and oxygen atoms in total. The van der Waals surface area contributed by atoms with Gasteiger partial charge in [0.15, 0.2) is 0 Å². The van der Waals surface area contributed by atoms with Crippen LogP contribution in [0.5, 0.6) is 0 Å². The van der Waals surface area contributed by atoms with Crippen molar-refractivity contribution in [1.82, 2.24) is 10.9 Å². The van der Waals surface area contributed by atoms with Gasteiger partial charge in [-0.2, -0.15) is 0 Å².